The summed E-state index contributed by atoms with van der Waals surface area (Å²) in [4.78, 5) is 11.7. The average molecular weight is 303 g/mol. The summed E-state index contributed by atoms with van der Waals surface area (Å²) in [6, 6.07) is 12.3. The first kappa shape index (κ1) is 15.1. The molecule has 0 bridgehead atoms. The molecule has 0 saturated carbocycles. The molecule has 2 rings (SSSR count). The largest absolute Gasteiger partial charge is 0.507 e. The summed E-state index contributed by atoms with van der Waals surface area (Å²) >= 11 is 5.78. The number of carbonyl (C=O) groups excluding carboxylic acids is 1. The van der Waals surface area contributed by atoms with Gasteiger partial charge in [0, 0.05) is 10.6 Å². The Bertz CT molecular complexity index is 666. The van der Waals surface area contributed by atoms with Crippen molar-refractivity contribution in [2.75, 3.05) is 0 Å². The number of rotatable bonds is 4. The highest BCUT2D eigenvalue weighted by Crippen LogP contribution is 2.16. The summed E-state index contributed by atoms with van der Waals surface area (Å²) in [7, 11) is 0. The minimum Gasteiger partial charge on any atom is -0.507 e. The molecule has 2 aromatic carbocycles. The molecule has 0 aromatic heterocycles. The molecule has 0 atom stereocenters. The first-order valence-electron chi connectivity index (χ1n) is 6.40. The number of phenolic OH excluding ortho intramolecular Hbond substituents is 1. The highest BCUT2D eigenvalue weighted by Gasteiger charge is 2.02. The van der Waals surface area contributed by atoms with Crippen LogP contribution in [-0.4, -0.2) is 17.2 Å². The molecule has 2 aromatic rings. The zero-order valence-electron chi connectivity index (χ0n) is 11.5. The monoisotopic (exact) mass is 302 g/mol. The van der Waals surface area contributed by atoms with E-state index in [4.69, 9.17) is 11.6 Å². The molecule has 5 heteroatoms. The number of hydrogen-bond donors (Lipinski definition) is 2. The minimum atomic E-state index is -0.236. The summed E-state index contributed by atoms with van der Waals surface area (Å²) in [6.07, 6.45) is 1.63. The van der Waals surface area contributed by atoms with Crippen LogP contribution in [-0.2, 0) is 11.2 Å². The zero-order valence-corrected chi connectivity index (χ0v) is 12.3. The summed E-state index contributed by atoms with van der Waals surface area (Å²) < 4.78 is 0. The van der Waals surface area contributed by atoms with Gasteiger partial charge in [0.05, 0.1) is 12.6 Å². The number of aromatic hydroxyl groups is 1. The molecule has 2 N–H and O–H groups in total. The van der Waals surface area contributed by atoms with Crippen molar-refractivity contribution in [3.05, 3.63) is 64.2 Å². The van der Waals surface area contributed by atoms with Crippen LogP contribution in [0.4, 0.5) is 0 Å². The van der Waals surface area contributed by atoms with Crippen molar-refractivity contribution in [3.8, 4) is 5.75 Å². The topological polar surface area (TPSA) is 61.7 Å². The number of amides is 1. The molecule has 0 fully saturated rings. The molecule has 4 nitrogen and oxygen atoms in total. The van der Waals surface area contributed by atoms with E-state index in [1.807, 2.05) is 13.0 Å². The van der Waals surface area contributed by atoms with Crippen molar-refractivity contribution in [1.82, 2.24) is 5.43 Å². The van der Waals surface area contributed by atoms with E-state index < -0.39 is 0 Å². The molecule has 108 valence electrons. The normalized spacial score (nSPS) is 10.8. The van der Waals surface area contributed by atoms with Gasteiger partial charge in [-0.2, -0.15) is 5.10 Å². The Morgan fingerprint density at radius 2 is 2.00 bits per heavy atom. The van der Waals surface area contributed by atoms with Crippen LogP contribution in [0.3, 0.4) is 0 Å². The van der Waals surface area contributed by atoms with Crippen molar-refractivity contribution >= 4 is 23.7 Å². The Hall–Kier alpha value is -2.33. The fraction of sp³-hybridized carbons (Fsp3) is 0.125. The molecule has 0 aliphatic carbocycles. The van der Waals surface area contributed by atoms with Gasteiger partial charge in [0.1, 0.15) is 5.75 Å². The van der Waals surface area contributed by atoms with Gasteiger partial charge in [-0.15, -0.1) is 0 Å². The second-order valence-electron chi connectivity index (χ2n) is 4.66. The van der Waals surface area contributed by atoms with E-state index in [-0.39, 0.29) is 18.1 Å². The summed E-state index contributed by atoms with van der Waals surface area (Å²) in [6.45, 7) is 1.88. The van der Waals surface area contributed by atoms with E-state index in [2.05, 4.69) is 10.5 Å². The Kier molecular flexibility index (Phi) is 4.95. The Labute approximate surface area is 128 Å². The number of hydrogen-bond acceptors (Lipinski definition) is 3. The van der Waals surface area contributed by atoms with Gasteiger partial charge in [-0.05, 0) is 42.3 Å². The maximum atomic E-state index is 11.7. The second kappa shape index (κ2) is 6.90. The molecule has 0 aliphatic rings. The number of hydrazone groups is 1. The van der Waals surface area contributed by atoms with Gasteiger partial charge in [0.25, 0.3) is 0 Å². The van der Waals surface area contributed by atoms with E-state index in [1.54, 1.807) is 36.4 Å². The molecule has 21 heavy (non-hydrogen) atoms. The van der Waals surface area contributed by atoms with E-state index in [0.29, 0.717) is 10.6 Å². The predicted molar refractivity (Wildman–Crippen MR) is 83.7 cm³/mol. The molecule has 0 unspecified atom stereocenters. The van der Waals surface area contributed by atoms with Crippen molar-refractivity contribution in [1.29, 1.82) is 0 Å². The Morgan fingerprint density at radius 1 is 1.29 bits per heavy atom. The van der Waals surface area contributed by atoms with Crippen LogP contribution in [0.1, 0.15) is 16.7 Å². The molecule has 0 saturated heterocycles. The lowest BCUT2D eigenvalue weighted by atomic mass is 10.1. The maximum absolute atomic E-state index is 11.7. The lowest BCUT2D eigenvalue weighted by molar-refractivity contribution is -0.120. The third-order valence-corrected chi connectivity index (χ3v) is 3.11. The number of benzene rings is 2. The van der Waals surface area contributed by atoms with Crippen molar-refractivity contribution in [2.24, 2.45) is 5.10 Å². The van der Waals surface area contributed by atoms with Crippen molar-refractivity contribution in [3.63, 3.8) is 0 Å². The zero-order chi connectivity index (χ0) is 15.2. The molecule has 0 spiro atoms. The van der Waals surface area contributed by atoms with Crippen LogP contribution in [0, 0.1) is 6.92 Å². The number of aryl methyl sites for hydroxylation is 1. The SMILES string of the molecule is Cc1ccc(/C=N\NC(=O)Cc2ccc(Cl)cc2)c(O)c1. The summed E-state index contributed by atoms with van der Waals surface area (Å²) in [5, 5.41) is 14.2. The van der Waals surface area contributed by atoms with E-state index in [1.165, 1.54) is 6.21 Å². The Balaban J connectivity index is 1.91. The van der Waals surface area contributed by atoms with Gasteiger partial charge in [-0.3, -0.25) is 4.79 Å². The van der Waals surface area contributed by atoms with Gasteiger partial charge in [0.15, 0.2) is 0 Å². The van der Waals surface area contributed by atoms with Gasteiger partial charge in [0.2, 0.25) is 5.91 Å². The molecule has 1 amide bonds. The van der Waals surface area contributed by atoms with Crippen molar-refractivity contribution in [2.45, 2.75) is 13.3 Å². The van der Waals surface area contributed by atoms with E-state index in [9.17, 15) is 9.90 Å². The first-order valence-corrected chi connectivity index (χ1v) is 6.78. The Morgan fingerprint density at radius 3 is 2.67 bits per heavy atom. The van der Waals surface area contributed by atoms with Gasteiger partial charge < -0.3 is 5.11 Å². The number of nitrogens with zero attached hydrogens (tertiary/aromatic N) is 1. The van der Waals surface area contributed by atoms with Crippen LogP contribution in [0.15, 0.2) is 47.6 Å². The third kappa shape index (κ3) is 4.61. The number of nitrogens with one attached hydrogen (secondary N) is 1. The van der Waals surface area contributed by atoms with Crippen LogP contribution < -0.4 is 5.43 Å². The standard InChI is InChI=1S/C16H15ClN2O2/c1-11-2-5-13(15(20)8-11)10-18-19-16(21)9-12-3-6-14(17)7-4-12/h2-8,10,20H,9H2,1H3,(H,19,21)/b18-10-. The lowest BCUT2D eigenvalue weighted by Crippen LogP contribution is -2.19. The first-order chi connectivity index (χ1) is 10.0. The summed E-state index contributed by atoms with van der Waals surface area (Å²) in [5.41, 5.74) is 4.78. The lowest BCUT2D eigenvalue weighted by Gasteiger charge is -2.02. The fourth-order valence-electron chi connectivity index (χ4n) is 1.76. The van der Waals surface area contributed by atoms with Gasteiger partial charge in [-0.1, -0.05) is 29.8 Å². The number of halogens is 1. The highest BCUT2D eigenvalue weighted by atomic mass is 35.5. The molecule has 0 heterocycles. The minimum absolute atomic E-state index is 0.130. The van der Waals surface area contributed by atoms with Crippen LogP contribution in [0.25, 0.3) is 0 Å². The molecule has 0 aliphatic heterocycles. The van der Waals surface area contributed by atoms with Crippen LogP contribution in [0.5, 0.6) is 5.75 Å². The summed E-state index contributed by atoms with van der Waals surface area (Å²) in [5.74, 6) is -0.106. The molecule has 0 radical (unpaired) electrons. The average Bonchev–Trinajstić information content (AvgIpc) is 2.44. The second-order valence-corrected chi connectivity index (χ2v) is 5.10. The van der Waals surface area contributed by atoms with Gasteiger partial charge >= 0.3 is 0 Å². The number of carbonyl (C=O) groups is 1. The molecular formula is C16H15ClN2O2. The van der Waals surface area contributed by atoms with E-state index >= 15 is 0 Å². The van der Waals surface area contributed by atoms with Crippen molar-refractivity contribution < 1.29 is 9.90 Å². The maximum Gasteiger partial charge on any atom is 0.244 e. The quantitative estimate of drug-likeness (QED) is 0.673. The van der Waals surface area contributed by atoms with Crippen LogP contribution >= 0.6 is 11.6 Å². The smallest absolute Gasteiger partial charge is 0.244 e. The number of phenols is 1. The fourth-order valence-corrected chi connectivity index (χ4v) is 1.89. The van der Waals surface area contributed by atoms with Crippen LogP contribution in [0.2, 0.25) is 5.02 Å². The predicted octanol–water partition coefficient (Wildman–Crippen LogP) is 3.05. The van der Waals surface area contributed by atoms with Gasteiger partial charge in [-0.25, -0.2) is 5.43 Å². The third-order valence-electron chi connectivity index (χ3n) is 2.86. The molecular weight excluding hydrogens is 288 g/mol. The highest BCUT2D eigenvalue weighted by molar-refractivity contribution is 6.30. The van der Waals surface area contributed by atoms with E-state index in [0.717, 1.165) is 11.1 Å².